The SMILES string of the molecule is CC1(C)C=C(CS(=O)(=O)O)c2cc3c(cc2=N1)OC1=C(CC2C(=C1)NC(C)(C)CC2CS(=O)(=O)O)C=3C1=CC(C=O)=CCC1C(=O)O. The third kappa shape index (κ3) is 6.64. The Morgan fingerprint density at radius 3 is 2.47 bits per heavy atom. The molecule has 14 heteroatoms. The van der Waals surface area contributed by atoms with E-state index in [0.29, 0.717) is 68.2 Å². The van der Waals surface area contributed by atoms with E-state index in [1.807, 2.05) is 13.8 Å². The second-order valence-corrected chi connectivity index (χ2v) is 17.0. The van der Waals surface area contributed by atoms with Gasteiger partial charge < -0.3 is 15.2 Å². The molecule has 0 spiro atoms. The molecule has 3 aliphatic heterocycles. The third-order valence-corrected chi connectivity index (χ3v) is 10.7. The van der Waals surface area contributed by atoms with Gasteiger partial charge in [-0.3, -0.25) is 23.7 Å². The fourth-order valence-corrected chi connectivity index (χ4v) is 9.09. The van der Waals surface area contributed by atoms with E-state index in [0.717, 1.165) is 5.70 Å². The van der Waals surface area contributed by atoms with Crippen LogP contribution in [0.25, 0.3) is 11.1 Å². The van der Waals surface area contributed by atoms with Crippen molar-refractivity contribution in [3.8, 4) is 5.75 Å². The molecule has 0 bridgehead atoms. The van der Waals surface area contributed by atoms with E-state index in [2.05, 4.69) is 5.32 Å². The standard InChI is InChI=1S/C33H36N2O10S2/c1-32(2)12-18(15-46(39,40)41)21-8-24-28(10-26(21)34-32)45-29-11-27-22(19(16-47(42,43)44)13-33(3,4)35-27)9-25(29)30(24)23-7-17(14-36)5-6-20(23)31(37)38/h5,7-8,10-12,14,19-20,22,35H,6,9,13,15-16H2,1-4H3,(H,37,38)(H,39,40,41)(H,42,43,44). The molecule has 0 aromatic heterocycles. The van der Waals surface area contributed by atoms with Gasteiger partial charge in [0.15, 0.2) is 0 Å². The Bertz CT molecular complexity index is 2130. The summed E-state index contributed by atoms with van der Waals surface area (Å²) in [6.45, 7) is 7.46. The molecular formula is C33H36N2O10S2. The summed E-state index contributed by atoms with van der Waals surface area (Å²) in [5.41, 5.74) is 1.84. The number of aliphatic carboxylic acids is 1. The minimum atomic E-state index is -4.44. The number of nitrogens with one attached hydrogen (secondary N) is 1. The van der Waals surface area contributed by atoms with E-state index in [1.54, 1.807) is 44.2 Å². The number of carboxylic acid groups (broad SMARTS) is 1. The quantitative estimate of drug-likeness (QED) is 0.243. The van der Waals surface area contributed by atoms with Crippen LogP contribution in [0.5, 0.6) is 5.75 Å². The lowest BCUT2D eigenvalue weighted by atomic mass is 9.69. The highest BCUT2D eigenvalue weighted by atomic mass is 32.2. The minimum absolute atomic E-state index is 0.0472. The topological polar surface area (TPSA) is 197 Å². The van der Waals surface area contributed by atoms with Gasteiger partial charge in [0.2, 0.25) is 0 Å². The first-order valence-corrected chi connectivity index (χ1v) is 18.4. The molecule has 1 aromatic rings. The molecular weight excluding hydrogens is 649 g/mol. The normalized spacial score (nSPS) is 25.9. The lowest BCUT2D eigenvalue weighted by molar-refractivity contribution is -0.140. The molecule has 0 amide bonds. The van der Waals surface area contributed by atoms with Crippen molar-refractivity contribution in [3.05, 3.63) is 80.8 Å². The molecule has 3 atom stereocenters. The smallest absolute Gasteiger partial charge is 0.311 e. The van der Waals surface area contributed by atoms with Crippen LogP contribution in [0.2, 0.25) is 0 Å². The number of allylic oxidation sites excluding steroid dienone is 6. The number of benzene rings is 1. The van der Waals surface area contributed by atoms with Gasteiger partial charge in [-0.15, -0.1) is 0 Å². The summed E-state index contributed by atoms with van der Waals surface area (Å²) < 4.78 is 74.5. The average molecular weight is 685 g/mol. The lowest BCUT2D eigenvalue weighted by Crippen LogP contribution is -2.51. The molecule has 1 fully saturated rings. The molecule has 4 N–H and O–H groups in total. The van der Waals surface area contributed by atoms with Crippen molar-refractivity contribution in [1.82, 2.24) is 5.32 Å². The molecule has 12 nitrogen and oxygen atoms in total. The van der Waals surface area contributed by atoms with E-state index in [4.69, 9.17) is 9.73 Å². The Morgan fingerprint density at radius 2 is 1.83 bits per heavy atom. The highest BCUT2D eigenvalue weighted by Gasteiger charge is 2.44. The predicted molar refractivity (Wildman–Crippen MR) is 173 cm³/mol. The Labute approximate surface area is 272 Å². The maximum atomic E-state index is 12.6. The molecule has 0 saturated carbocycles. The lowest BCUT2D eigenvalue weighted by Gasteiger charge is -2.46. The number of piperidine rings is 1. The van der Waals surface area contributed by atoms with Crippen LogP contribution in [-0.2, 0) is 29.8 Å². The van der Waals surface area contributed by atoms with Crippen molar-refractivity contribution in [2.24, 2.45) is 22.7 Å². The average Bonchev–Trinajstić information content (AvgIpc) is 2.91. The van der Waals surface area contributed by atoms with Crippen LogP contribution in [0.15, 0.2) is 69.6 Å². The van der Waals surface area contributed by atoms with Crippen LogP contribution in [0, 0.1) is 17.8 Å². The van der Waals surface area contributed by atoms with Crippen LogP contribution in [0.3, 0.4) is 0 Å². The predicted octanol–water partition coefficient (Wildman–Crippen LogP) is 2.50. The van der Waals surface area contributed by atoms with Crippen LogP contribution in [-0.4, -0.2) is 65.9 Å². The fourth-order valence-electron chi connectivity index (χ4n) is 7.57. The molecule has 0 radical (unpaired) electrons. The number of ether oxygens (including phenoxy) is 1. The molecule has 1 aromatic carbocycles. The molecule has 47 heavy (non-hydrogen) atoms. The zero-order valence-electron chi connectivity index (χ0n) is 26.3. The number of carboxylic acids is 1. The summed E-state index contributed by atoms with van der Waals surface area (Å²) in [7, 11) is -8.78. The molecule has 2 aliphatic carbocycles. The van der Waals surface area contributed by atoms with Gasteiger partial charge >= 0.3 is 5.97 Å². The van der Waals surface area contributed by atoms with E-state index < -0.39 is 66.5 Å². The zero-order valence-corrected chi connectivity index (χ0v) is 27.9. The number of carbonyl (C=O) groups excluding carboxylic acids is 1. The number of hydrogen-bond donors (Lipinski definition) is 4. The number of fused-ring (bicyclic) bond motifs is 3. The molecule has 1 saturated heterocycles. The van der Waals surface area contributed by atoms with Crippen LogP contribution >= 0.6 is 0 Å². The summed E-state index contributed by atoms with van der Waals surface area (Å²) in [4.78, 5) is 29.4. The minimum Gasteiger partial charge on any atom is -0.481 e. The molecule has 3 unspecified atom stereocenters. The van der Waals surface area contributed by atoms with Gasteiger partial charge in [-0.25, -0.2) is 0 Å². The van der Waals surface area contributed by atoms with Gasteiger partial charge in [-0.1, -0.05) is 12.2 Å². The van der Waals surface area contributed by atoms with Gasteiger partial charge in [0, 0.05) is 51.2 Å². The second kappa shape index (κ2) is 11.1. The van der Waals surface area contributed by atoms with Crippen molar-refractivity contribution in [2.75, 3.05) is 11.5 Å². The first-order valence-electron chi connectivity index (χ1n) is 15.1. The summed E-state index contributed by atoms with van der Waals surface area (Å²) in [6, 6.07) is 3.34. The number of nitrogens with zero attached hydrogens (tertiary/aromatic N) is 1. The number of carbonyl (C=O) groups is 2. The van der Waals surface area contributed by atoms with E-state index in [-0.39, 0.29) is 12.8 Å². The summed E-state index contributed by atoms with van der Waals surface area (Å²) in [6.07, 6.45) is 7.87. The Morgan fingerprint density at radius 1 is 1.11 bits per heavy atom. The highest BCUT2D eigenvalue weighted by molar-refractivity contribution is 7.86. The molecule has 5 aliphatic rings. The van der Waals surface area contributed by atoms with Crippen LogP contribution in [0.1, 0.15) is 52.5 Å². The summed E-state index contributed by atoms with van der Waals surface area (Å²) in [5, 5.41) is 14.7. The van der Waals surface area contributed by atoms with Gasteiger partial charge in [-0.2, -0.15) is 16.8 Å². The van der Waals surface area contributed by atoms with E-state index in [1.165, 1.54) is 6.08 Å². The fraction of sp³-hybridized carbons (Fsp3) is 0.424. The second-order valence-electron chi connectivity index (χ2n) is 14.0. The van der Waals surface area contributed by atoms with E-state index in [9.17, 15) is 40.6 Å². The van der Waals surface area contributed by atoms with Gasteiger partial charge in [0.25, 0.3) is 20.2 Å². The van der Waals surface area contributed by atoms with Gasteiger partial charge in [0.05, 0.1) is 22.6 Å². The van der Waals surface area contributed by atoms with E-state index >= 15 is 0 Å². The first kappa shape index (κ1) is 33.1. The number of hydrogen-bond acceptors (Lipinski definition) is 9. The van der Waals surface area contributed by atoms with Crippen LogP contribution in [0.4, 0.5) is 0 Å². The first-order chi connectivity index (χ1) is 21.7. The van der Waals surface area contributed by atoms with Crippen molar-refractivity contribution in [2.45, 2.75) is 58.0 Å². The van der Waals surface area contributed by atoms with Crippen molar-refractivity contribution >= 4 is 43.6 Å². The monoisotopic (exact) mass is 684 g/mol. The Hall–Kier alpha value is -3.85. The Kier molecular flexibility index (Phi) is 7.82. The van der Waals surface area contributed by atoms with Crippen molar-refractivity contribution in [1.29, 1.82) is 0 Å². The number of rotatable bonds is 7. The third-order valence-electron chi connectivity index (χ3n) is 9.18. The summed E-state index contributed by atoms with van der Waals surface area (Å²) >= 11 is 0. The maximum Gasteiger partial charge on any atom is 0.311 e. The van der Waals surface area contributed by atoms with Gasteiger partial charge in [0.1, 0.15) is 23.5 Å². The van der Waals surface area contributed by atoms with Gasteiger partial charge in [-0.05, 0) is 81.7 Å². The zero-order chi connectivity index (χ0) is 34.3. The Balaban J connectivity index is 1.65. The maximum absolute atomic E-state index is 12.6. The van der Waals surface area contributed by atoms with Crippen molar-refractivity contribution < 1.29 is 45.4 Å². The largest absolute Gasteiger partial charge is 0.481 e. The van der Waals surface area contributed by atoms with Crippen LogP contribution < -0.4 is 20.6 Å². The molecule has 250 valence electrons. The van der Waals surface area contributed by atoms with Crippen molar-refractivity contribution in [3.63, 3.8) is 0 Å². The molecule has 6 rings (SSSR count). The summed E-state index contributed by atoms with van der Waals surface area (Å²) in [5.74, 6) is -3.44. The molecule has 3 heterocycles. The highest BCUT2D eigenvalue weighted by Crippen LogP contribution is 2.48. The number of aldehydes is 1.